The number of aromatic amines is 1. The summed E-state index contributed by atoms with van der Waals surface area (Å²) >= 11 is 1.41. The molecule has 0 bridgehead atoms. The fourth-order valence-electron chi connectivity index (χ4n) is 2.77. The summed E-state index contributed by atoms with van der Waals surface area (Å²) in [6, 6.07) is 19.4. The van der Waals surface area contributed by atoms with E-state index in [1.807, 2.05) is 66.0 Å². The molecule has 0 saturated carbocycles. The Bertz CT molecular complexity index is 1160. The van der Waals surface area contributed by atoms with Crippen molar-refractivity contribution in [2.45, 2.75) is 0 Å². The summed E-state index contributed by atoms with van der Waals surface area (Å²) in [4.78, 5) is 20.4. The number of Topliss-reactive ketones (excluding diaryl/α,β-unsaturated/α-hetero) is 1. The lowest BCUT2D eigenvalue weighted by Crippen LogP contribution is -2.00. The Morgan fingerprint density at radius 3 is 2.69 bits per heavy atom. The van der Waals surface area contributed by atoms with E-state index in [4.69, 9.17) is 0 Å². The Morgan fingerprint density at radius 2 is 1.88 bits per heavy atom. The number of thiazole rings is 1. The number of nitrogens with one attached hydrogen (secondary N) is 1. The van der Waals surface area contributed by atoms with Crippen LogP contribution in [0.3, 0.4) is 0 Å². The van der Waals surface area contributed by atoms with Crippen LogP contribution in [-0.2, 0) is 0 Å². The molecule has 2 aromatic heterocycles. The average molecular weight is 355 g/mol. The third-order valence-electron chi connectivity index (χ3n) is 4.06. The van der Waals surface area contributed by atoms with Gasteiger partial charge in [-0.15, -0.1) is 11.3 Å². The fraction of sp³-hybridized carbons (Fsp3) is 0. The smallest absolute Gasteiger partial charge is 0.205 e. The molecule has 0 radical (unpaired) electrons. The number of benzene rings is 2. The number of H-pyrrole nitrogens is 1. The van der Waals surface area contributed by atoms with Gasteiger partial charge in [0.25, 0.3) is 0 Å². The summed E-state index contributed by atoms with van der Waals surface area (Å²) in [7, 11) is 0. The minimum Gasteiger partial charge on any atom is -0.360 e. The number of carbonyl (C=O) groups is 1. The van der Waals surface area contributed by atoms with E-state index in [0.717, 1.165) is 22.2 Å². The van der Waals surface area contributed by atoms with E-state index in [1.165, 1.54) is 11.3 Å². The van der Waals surface area contributed by atoms with Gasteiger partial charge >= 0.3 is 0 Å². The summed E-state index contributed by atoms with van der Waals surface area (Å²) in [6.07, 6.45) is 3.21. The van der Waals surface area contributed by atoms with Crippen molar-refractivity contribution in [3.63, 3.8) is 0 Å². The van der Waals surface area contributed by atoms with Crippen LogP contribution in [0.2, 0.25) is 0 Å². The number of hydrogen-bond acceptors (Lipinski definition) is 4. The number of ketones is 1. The number of rotatable bonds is 4. The first kappa shape index (κ1) is 16.0. The van der Waals surface area contributed by atoms with Gasteiger partial charge in [0.05, 0.1) is 5.69 Å². The zero-order valence-corrected chi connectivity index (χ0v) is 14.5. The molecule has 4 rings (SSSR count). The molecule has 4 aromatic rings. The molecule has 0 atom stereocenters. The molecule has 0 saturated heterocycles. The molecule has 26 heavy (non-hydrogen) atoms. The maximum Gasteiger partial charge on any atom is 0.205 e. The standard InChI is InChI=1S/C21H13N3OS/c22-11-15(21(25)17-12-23-18-9-5-4-8-16(17)18)10-20-24-19(13-26-20)14-6-2-1-3-7-14/h1-10,12-13,23H/b15-10-. The number of nitrogens with zero attached hydrogens (tertiary/aromatic N) is 2. The first-order valence-corrected chi connectivity index (χ1v) is 8.88. The van der Waals surface area contributed by atoms with E-state index in [-0.39, 0.29) is 11.4 Å². The summed E-state index contributed by atoms with van der Waals surface area (Å²) in [6.45, 7) is 0. The molecule has 0 aliphatic rings. The third kappa shape index (κ3) is 2.94. The van der Waals surface area contributed by atoms with Gasteiger partial charge in [0.2, 0.25) is 5.78 Å². The lowest BCUT2D eigenvalue weighted by molar-refractivity contribution is 0.104. The van der Waals surface area contributed by atoms with Gasteiger partial charge in [-0.2, -0.15) is 5.26 Å². The molecule has 0 aliphatic heterocycles. The van der Waals surface area contributed by atoms with Crippen LogP contribution >= 0.6 is 11.3 Å². The molecule has 0 unspecified atom stereocenters. The maximum atomic E-state index is 12.8. The topological polar surface area (TPSA) is 69.5 Å². The number of hydrogen-bond donors (Lipinski definition) is 1. The van der Waals surface area contributed by atoms with Crippen molar-refractivity contribution in [1.29, 1.82) is 5.26 Å². The fourth-order valence-corrected chi connectivity index (χ4v) is 3.53. The Balaban J connectivity index is 1.68. The van der Waals surface area contributed by atoms with Crippen molar-refractivity contribution in [1.82, 2.24) is 9.97 Å². The average Bonchev–Trinajstić information content (AvgIpc) is 3.33. The number of allylic oxidation sites excluding steroid dienone is 1. The van der Waals surface area contributed by atoms with Crippen LogP contribution in [0.4, 0.5) is 0 Å². The van der Waals surface area contributed by atoms with Gasteiger partial charge in [0.1, 0.15) is 16.6 Å². The molecule has 0 amide bonds. The van der Waals surface area contributed by atoms with Gasteiger partial charge in [-0.3, -0.25) is 4.79 Å². The van der Waals surface area contributed by atoms with Crippen molar-refractivity contribution in [3.05, 3.63) is 82.3 Å². The first-order chi connectivity index (χ1) is 12.8. The number of carbonyl (C=O) groups excluding carboxylic acids is 1. The monoisotopic (exact) mass is 355 g/mol. The van der Waals surface area contributed by atoms with Crippen molar-refractivity contribution in [2.75, 3.05) is 0 Å². The molecule has 2 aromatic carbocycles. The van der Waals surface area contributed by atoms with Crippen molar-refractivity contribution in [2.24, 2.45) is 0 Å². The van der Waals surface area contributed by atoms with Crippen molar-refractivity contribution < 1.29 is 4.79 Å². The minimum atomic E-state index is -0.304. The highest BCUT2D eigenvalue weighted by molar-refractivity contribution is 7.10. The second-order valence-electron chi connectivity index (χ2n) is 5.68. The summed E-state index contributed by atoms with van der Waals surface area (Å²) < 4.78 is 0. The predicted molar refractivity (Wildman–Crippen MR) is 104 cm³/mol. The number of nitriles is 1. The predicted octanol–water partition coefficient (Wildman–Crippen LogP) is 5.08. The van der Waals surface area contributed by atoms with Crippen molar-refractivity contribution in [3.8, 4) is 17.3 Å². The zero-order valence-electron chi connectivity index (χ0n) is 13.6. The van der Waals surface area contributed by atoms with Gasteiger partial charge in [-0.25, -0.2) is 4.98 Å². The lowest BCUT2D eigenvalue weighted by Gasteiger charge is -1.97. The van der Waals surface area contributed by atoms with E-state index in [2.05, 4.69) is 9.97 Å². The highest BCUT2D eigenvalue weighted by Crippen LogP contribution is 2.25. The SMILES string of the molecule is N#C/C(=C/c1nc(-c2ccccc2)cs1)C(=O)c1c[nH]c2ccccc12. The van der Waals surface area contributed by atoms with E-state index >= 15 is 0 Å². The molecule has 124 valence electrons. The molecule has 0 spiro atoms. The third-order valence-corrected chi connectivity index (χ3v) is 4.85. The van der Waals surface area contributed by atoms with Gasteiger partial charge in [0, 0.05) is 33.6 Å². The number of fused-ring (bicyclic) bond motifs is 1. The Labute approximate surface area is 154 Å². The molecule has 4 nitrogen and oxygen atoms in total. The van der Waals surface area contributed by atoms with Gasteiger partial charge in [0.15, 0.2) is 0 Å². The largest absolute Gasteiger partial charge is 0.360 e. The molecule has 5 heteroatoms. The molecular formula is C21H13N3OS. The van der Waals surface area contributed by atoms with Crippen LogP contribution in [0.25, 0.3) is 28.2 Å². The molecule has 2 heterocycles. The summed E-state index contributed by atoms with van der Waals surface area (Å²) in [5.74, 6) is -0.304. The van der Waals surface area contributed by atoms with E-state index < -0.39 is 0 Å². The first-order valence-electron chi connectivity index (χ1n) is 8.00. The van der Waals surface area contributed by atoms with Crippen LogP contribution in [0.5, 0.6) is 0 Å². The highest BCUT2D eigenvalue weighted by atomic mass is 32.1. The minimum absolute atomic E-state index is 0.0729. The van der Waals surface area contributed by atoms with Crippen LogP contribution in [0.1, 0.15) is 15.4 Å². The lowest BCUT2D eigenvalue weighted by atomic mass is 10.0. The van der Waals surface area contributed by atoms with E-state index in [9.17, 15) is 10.1 Å². The van der Waals surface area contributed by atoms with Crippen LogP contribution in [0, 0.1) is 11.3 Å². The number of aromatic nitrogens is 2. The normalized spacial score (nSPS) is 11.4. The maximum absolute atomic E-state index is 12.8. The van der Waals surface area contributed by atoms with Gasteiger partial charge in [-0.1, -0.05) is 48.5 Å². The van der Waals surface area contributed by atoms with E-state index in [1.54, 1.807) is 12.3 Å². The Hall–Kier alpha value is -3.49. The summed E-state index contributed by atoms with van der Waals surface area (Å²) in [5, 5.41) is 12.8. The zero-order chi connectivity index (χ0) is 17.9. The van der Waals surface area contributed by atoms with Crippen LogP contribution < -0.4 is 0 Å². The summed E-state index contributed by atoms with van der Waals surface area (Å²) in [5.41, 5.74) is 3.27. The Kier molecular flexibility index (Phi) is 4.18. The van der Waals surface area contributed by atoms with Crippen molar-refractivity contribution >= 4 is 34.1 Å². The molecular weight excluding hydrogens is 342 g/mol. The van der Waals surface area contributed by atoms with Gasteiger partial charge in [-0.05, 0) is 12.1 Å². The van der Waals surface area contributed by atoms with E-state index in [0.29, 0.717) is 10.6 Å². The molecule has 1 N–H and O–H groups in total. The second-order valence-corrected chi connectivity index (χ2v) is 6.57. The van der Waals surface area contributed by atoms with Crippen LogP contribution in [0.15, 0.2) is 71.7 Å². The Morgan fingerprint density at radius 1 is 1.12 bits per heavy atom. The molecule has 0 fully saturated rings. The number of para-hydroxylation sites is 1. The molecule has 0 aliphatic carbocycles. The van der Waals surface area contributed by atoms with Crippen LogP contribution in [-0.4, -0.2) is 15.8 Å². The highest BCUT2D eigenvalue weighted by Gasteiger charge is 2.17. The quantitative estimate of drug-likeness (QED) is 0.315. The second kappa shape index (κ2) is 6.79. The van der Waals surface area contributed by atoms with Gasteiger partial charge < -0.3 is 4.98 Å².